The van der Waals surface area contributed by atoms with E-state index >= 15 is 0 Å². The summed E-state index contributed by atoms with van der Waals surface area (Å²) < 4.78 is 36.7. The van der Waals surface area contributed by atoms with Crippen molar-refractivity contribution in [2.45, 2.75) is 4.90 Å². The molecule has 0 bridgehead atoms. The Kier molecular flexibility index (Phi) is 4.01. The third kappa shape index (κ3) is 3.29. The highest BCUT2D eigenvalue weighted by atomic mass is 79.9. The molecule has 2 aromatic carbocycles. The van der Waals surface area contributed by atoms with Gasteiger partial charge in [0.1, 0.15) is 5.82 Å². The lowest BCUT2D eigenvalue weighted by Gasteiger charge is -2.12. The molecule has 0 aliphatic heterocycles. The van der Waals surface area contributed by atoms with E-state index in [9.17, 15) is 12.8 Å². The van der Waals surface area contributed by atoms with Gasteiger partial charge in [-0.3, -0.25) is 0 Å². The van der Waals surface area contributed by atoms with E-state index < -0.39 is 9.84 Å². The van der Waals surface area contributed by atoms with Crippen LogP contribution in [0.25, 0.3) is 0 Å². The molecule has 0 radical (unpaired) electrons. The van der Waals surface area contributed by atoms with Crippen LogP contribution >= 0.6 is 15.9 Å². The van der Waals surface area contributed by atoms with Crippen LogP contribution in [0.4, 0.5) is 21.5 Å². The molecule has 0 unspecified atom stereocenters. The molecule has 2 aromatic rings. The van der Waals surface area contributed by atoms with E-state index in [4.69, 9.17) is 5.73 Å². The van der Waals surface area contributed by atoms with Gasteiger partial charge in [-0.2, -0.15) is 0 Å². The first-order valence-corrected chi connectivity index (χ1v) is 8.27. The zero-order valence-electron chi connectivity index (χ0n) is 10.5. The average molecular weight is 359 g/mol. The van der Waals surface area contributed by atoms with Crippen LogP contribution in [0.15, 0.2) is 45.8 Å². The van der Waals surface area contributed by atoms with Crippen molar-refractivity contribution in [3.8, 4) is 0 Å². The molecular formula is C13H12BrFN2O2S. The molecule has 0 saturated heterocycles. The normalized spacial score (nSPS) is 11.3. The minimum absolute atomic E-state index is 0.138. The van der Waals surface area contributed by atoms with E-state index in [-0.39, 0.29) is 16.4 Å². The maximum absolute atomic E-state index is 13.2. The van der Waals surface area contributed by atoms with E-state index in [1.165, 1.54) is 24.3 Å². The summed E-state index contributed by atoms with van der Waals surface area (Å²) >= 11 is 3.29. The maximum atomic E-state index is 13.2. The number of hydrogen-bond acceptors (Lipinski definition) is 4. The fourth-order valence-corrected chi connectivity index (χ4v) is 2.63. The Balaban J connectivity index is 2.38. The zero-order valence-corrected chi connectivity index (χ0v) is 12.9. The van der Waals surface area contributed by atoms with Crippen molar-refractivity contribution in [3.05, 3.63) is 46.7 Å². The van der Waals surface area contributed by atoms with Crippen molar-refractivity contribution < 1.29 is 12.8 Å². The van der Waals surface area contributed by atoms with Gasteiger partial charge in [0, 0.05) is 10.7 Å². The van der Waals surface area contributed by atoms with E-state index in [1.54, 1.807) is 12.1 Å². The van der Waals surface area contributed by atoms with Gasteiger partial charge in [-0.05, 0) is 52.3 Å². The molecular weight excluding hydrogens is 347 g/mol. The number of halogens is 2. The van der Waals surface area contributed by atoms with Gasteiger partial charge in [-0.1, -0.05) is 0 Å². The van der Waals surface area contributed by atoms with E-state index in [2.05, 4.69) is 21.2 Å². The number of sulfone groups is 1. The SMILES string of the molecule is CS(=O)(=O)c1ccc(Nc2cc(F)ccc2Br)c(N)c1. The molecule has 0 heterocycles. The summed E-state index contributed by atoms with van der Waals surface area (Å²) in [4.78, 5) is 0.138. The summed E-state index contributed by atoms with van der Waals surface area (Å²) in [7, 11) is -3.31. The highest BCUT2D eigenvalue weighted by Gasteiger charge is 2.10. The van der Waals surface area contributed by atoms with E-state index in [1.807, 2.05) is 0 Å². The number of benzene rings is 2. The fourth-order valence-electron chi connectivity index (χ4n) is 1.62. The van der Waals surface area contributed by atoms with Crippen molar-refractivity contribution in [2.75, 3.05) is 17.3 Å². The highest BCUT2D eigenvalue weighted by Crippen LogP contribution is 2.30. The number of nitrogens with one attached hydrogen (secondary N) is 1. The molecule has 0 fully saturated rings. The van der Waals surface area contributed by atoms with Gasteiger partial charge in [0.25, 0.3) is 0 Å². The molecule has 0 aliphatic carbocycles. The Bertz CT molecular complexity index is 763. The molecule has 0 aromatic heterocycles. The maximum Gasteiger partial charge on any atom is 0.175 e. The van der Waals surface area contributed by atoms with Gasteiger partial charge in [-0.25, -0.2) is 12.8 Å². The molecule has 0 amide bonds. The van der Waals surface area contributed by atoms with Gasteiger partial charge in [0.2, 0.25) is 0 Å². The Hall–Kier alpha value is -1.60. The van der Waals surface area contributed by atoms with Gasteiger partial charge in [0.15, 0.2) is 9.84 Å². The van der Waals surface area contributed by atoms with Gasteiger partial charge >= 0.3 is 0 Å². The number of rotatable bonds is 3. The third-order valence-electron chi connectivity index (χ3n) is 2.65. The first-order chi connectivity index (χ1) is 9.27. The standard InChI is InChI=1S/C13H12BrFN2O2S/c1-20(18,19)9-3-5-12(11(16)7-9)17-13-6-8(15)2-4-10(13)14/h2-7,17H,16H2,1H3. The number of anilines is 3. The quantitative estimate of drug-likeness (QED) is 0.825. The third-order valence-corrected chi connectivity index (χ3v) is 4.45. The van der Waals surface area contributed by atoms with Gasteiger partial charge < -0.3 is 11.1 Å². The van der Waals surface area contributed by atoms with Crippen LogP contribution in [-0.4, -0.2) is 14.7 Å². The Morgan fingerprint density at radius 1 is 1.15 bits per heavy atom. The van der Waals surface area contributed by atoms with Crippen molar-refractivity contribution in [1.29, 1.82) is 0 Å². The number of nitrogen functional groups attached to an aromatic ring is 1. The number of nitrogens with two attached hydrogens (primary N) is 1. The summed E-state index contributed by atoms with van der Waals surface area (Å²) in [5.74, 6) is -0.387. The van der Waals surface area contributed by atoms with Crippen molar-refractivity contribution >= 4 is 42.8 Å². The summed E-state index contributed by atoms with van der Waals surface area (Å²) in [5, 5.41) is 2.95. The summed E-state index contributed by atoms with van der Waals surface area (Å²) in [6, 6.07) is 8.56. The molecule has 0 saturated carbocycles. The lowest BCUT2D eigenvalue weighted by Crippen LogP contribution is -2.02. The second-order valence-corrected chi connectivity index (χ2v) is 7.14. The molecule has 4 nitrogen and oxygen atoms in total. The van der Waals surface area contributed by atoms with E-state index in [0.717, 1.165) is 6.26 Å². The molecule has 2 rings (SSSR count). The van der Waals surface area contributed by atoms with Crippen LogP contribution in [0.2, 0.25) is 0 Å². The van der Waals surface area contributed by atoms with Gasteiger partial charge in [0.05, 0.1) is 22.0 Å². The predicted molar refractivity (Wildman–Crippen MR) is 81.3 cm³/mol. The number of hydrogen-bond donors (Lipinski definition) is 2. The minimum Gasteiger partial charge on any atom is -0.397 e. The molecule has 7 heteroatoms. The zero-order chi connectivity index (χ0) is 14.9. The van der Waals surface area contributed by atoms with E-state index in [0.29, 0.717) is 15.8 Å². The second kappa shape index (κ2) is 5.41. The van der Waals surface area contributed by atoms with Crippen molar-refractivity contribution in [2.24, 2.45) is 0 Å². The lowest BCUT2D eigenvalue weighted by molar-refractivity contribution is 0.602. The smallest absolute Gasteiger partial charge is 0.175 e. The molecule has 20 heavy (non-hydrogen) atoms. The lowest BCUT2D eigenvalue weighted by atomic mass is 10.2. The van der Waals surface area contributed by atoms with Gasteiger partial charge in [-0.15, -0.1) is 0 Å². The summed E-state index contributed by atoms with van der Waals surface area (Å²) in [6.07, 6.45) is 1.11. The molecule has 3 N–H and O–H groups in total. The molecule has 0 spiro atoms. The summed E-state index contributed by atoms with van der Waals surface area (Å²) in [5.41, 5.74) is 7.09. The van der Waals surface area contributed by atoms with Crippen LogP contribution < -0.4 is 11.1 Å². The second-order valence-electron chi connectivity index (χ2n) is 4.27. The van der Waals surface area contributed by atoms with Crippen LogP contribution in [-0.2, 0) is 9.84 Å². The largest absolute Gasteiger partial charge is 0.397 e. The minimum atomic E-state index is -3.31. The monoisotopic (exact) mass is 358 g/mol. The van der Waals surface area contributed by atoms with Crippen molar-refractivity contribution in [3.63, 3.8) is 0 Å². The van der Waals surface area contributed by atoms with Crippen molar-refractivity contribution in [1.82, 2.24) is 0 Å². The first kappa shape index (κ1) is 14.8. The predicted octanol–water partition coefficient (Wildman–Crippen LogP) is 3.32. The molecule has 106 valence electrons. The van der Waals surface area contributed by atoms with Crippen LogP contribution in [0, 0.1) is 5.82 Å². The Morgan fingerprint density at radius 3 is 2.45 bits per heavy atom. The van der Waals surface area contributed by atoms with Crippen LogP contribution in [0.1, 0.15) is 0 Å². The fraction of sp³-hybridized carbons (Fsp3) is 0.0769. The van der Waals surface area contributed by atoms with Crippen LogP contribution in [0.3, 0.4) is 0 Å². The van der Waals surface area contributed by atoms with Crippen LogP contribution in [0.5, 0.6) is 0 Å². The Morgan fingerprint density at radius 2 is 1.85 bits per heavy atom. The topological polar surface area (TPSA) is 72.2 Å². The molecule has 0 atom stereocenters. The Labute approximate surface area is 124 Å². The molecule has 0 aliphatic rings. The average Bonchev–Trinajstić information content (AvgIpc) is 2.35. The summed E-state index contributed by atoms with van der Waals surface area (Å²) in [6.45, 7) is 0. The first-order valence-electron chi connectivity index (χ1n) is 5.59. The highest BCUT2D eigenvalue weighted by molar-refractivity contribution is 9.10.